The maximum absolute atomic E-state index is 13.1. The van der Waals surface area contributed by atoms with Gasteiger partial charge in [-0.1, -0.05) is 6.07 Å². The van der Waals surface area contributed by atoms with Crippen molar-refractivity contribution in [3.05, 3.63) is 47.5 Å². The van der Waals surface area contributed by atoms with E-state index in [2.05, 4.69) is 10.2 Å². The predicted molar refractivity (Wildman–Crippen MR) is 92.1 cm³/mol. The molecule has 0 aliphatic carbocycles. The average molecular weight is 360 g/mol. The van der Waals surface area contributed by atoms with Gasteiger partial charge in [0.15, 0.2) is 5.69 Å². The van der Waals surface area contributed by atoms with Gasteiger partial charge < -0.3 is 14.5 Å². The molecule has 1 aromatic carbocycles. The molecule has 1 aromatic heterocycles. The van der Waals surface area contributed by atoms with Gasteiger partial charge in [0, 0.05) is 25.7 Å². The Hall–Kier alpha value is -2.90. The van der Waals surface area contributed by atoms with Crippen LogP contribution in [0.5, 0.6) is 5.75 Å². The van der Waals surface area contributed by atoms with Gasteiger partial charge in [-0.15, -0.1) is 0 Å². The Morgan fingerprint density at radius 3 is 2.92 bits per heavy atom. The molecule has 7 nitrogen and oxygen atoms in total. The van der Waals surface area contributed by atoms with Crippen LogP contribution in [-0.4, -0.2) is 57.5 Å². The van der Waals surface area contributed by atoms with E-state index in [1.54, 1.807) is 30.0 Å². The number of hydrogen-bond donors (Lipinski definition) is 1. The van der Waals surface area contributed by atoms with Gasteiger partial charge in [-0.2, -0.15) is 5.10 Å². The number of aromatic amines is 1. The molecule has 0 bridgehead atoms. The van der Waals surface area contributed by atoms with E-state index in [1.807, 2.05) is 6.92 Å². The number of hydrogen-bond acceptors (Lipinski definition) is 4. The highest BCUT2D eigenvalue weighted by molar-refractivity contribution is 5.96. The van der Waals surface area contributed by atoms with Crippen LogP contribution in [0, 0.1) is 5.82 Å². The molecule has 1 aliphatic heterocycles. The lowest BCUT2D eigenvalue weighted by Crippen LogP contribution is -2.57. The van der Waals surface area contributed by atoms with Crippen LogP contribution in [0.15, 0.2) is 30.3 Å². The molecule has 2 heterocycles. The number of nitrogens with zero attached hydrogens (tertiary/aromatic N) is 3. The molecule has 2 aromatic rings. The van der Waals surface area contributed by atoms with Crippen LogP contribution in [0.1, 0.15) is 30.0 Å². The van der Waals surface area contributed by atoms with E-state index in [1.165, 1.54) is 17.0 Å². The Morgan fingerprint density at radius 2 is 2.19 bits per heavy atom. The largest absolute Gasteiger partial charge is 0.487 e. The van der Waals surface area contributed by atoms with Crippen LogP contribution >= 0.6 is 0 Å². The number of nitrogens with one attached hydrogen (secondary N) is 1. The second-order valence-electron chi connectivity index (χ2n) is 6.12. The van der Waals surface area contributed by atoms with Crippen molar-refractivity contribution in [1.82, 2.24) is 20.0 Å². The van der Waals surface area contributed by atoms with Gasteiger partial charge in [0.2, 0.25) is 5.91 Å². The first-order valence-corrected chi connectivity index (χ1v) is 8.52. The van der Waals surface area contributed by atoms with Crippen LogP contribution < -0.4 is 4.74 Å². The summed E-state index contributed by atoms with van der Waals surface area (Å²) < 4.78 is 18.6. The first-order valence-electron chi connectivity index (χ1n) is 8.52. The third-order valence-electron chi connectivity index (χ3n) is 4.43. The number of aromatic nitrogens is 2. The minimum atomic E-state index is -0.514. The number of rotatable bonds is 5. The van der Waals surface area contributed by atoms with Crippen LogP contribution in [0.25, 0.3) is 0 Å². The van der Waals surface area contributed by atoms with Crippen LogP contribution in [0.4, 0.5) is 4.39 Å². The zero-order valence-corrected chi connectivity index (χ0v) is 14.7. The molecule has 1 fully saturated rings. The Balaban J connectivity index is 1.64. The highest BCUT2D eigenvalue weighted by Crippen LogP contribution is 2.16. The highest BCUT2D eigenvalue weighted by Gasteiger charge is 2.34. The minimum Gasteiger partial charge on any atom is -0.487 e. The Kier molecular flexibility index (Phi) is 5.20. The monoisotopic (exact) mass is 360 g/mol. The number of halogens is 1. The van der Waals surface area contributed by atoms with Gasteiger partial charge in [0.25, 0.3) is 5.91 Å². The van der Waals surface area contributed by atoms with E-state index in [9.17, 15) is 14.0 Å². The Labute approximate surface area is 150 Å². The van der Waals surface area contributed by atoms with Gasteiger partial charge >= 0.3 is 0 Å². The molecular formula is C18H21FN4O3. The van der Waals surface area contributed by atoms with Gasteiger partial charge in [-0.05, 0) is 32.0 Å². The molecule has 0 unspecified atom stereocenters. The number of amides is 2. The molecule has 138 valence electrons. The normalized spacial score (nSPS) is 17.5. The fraction of sp³-hybridized carbons (Fsp3) is 0.389. The van der Waals surface area contributed by atoms with Crippen molar-refractivity contribution >= 4 is 11.8 Å². The van der Waals surface area contributed by atoms with Crippen LogP contribution in [-0.2, 0) is 11.4 Å². The van der Waals surface area contributed by atoms with Gasteiger partial charge in [0.1, 0.15) is 24.2 Å². The van der Waals surface area contributed by atoms with E-state index in [-0.39, 0.29) is 29.9 Å². The summed E-state index contributed by atoms with van der Waals surface area (Å²) in [6.07, 6.45) is 0. The maximum Gasteiger partial charge on any atom is 0.275 e. The standard InChI is InChI=1S/C18H21FN4O3/c1-3-22-7-8-23(12(2)17(22)24)18(25)16-10-14(20-21-16)11-26-15-6-4-5-13(19)9-15/h4-6,9-10,12H,3,7-8,11H2,1-2H3,(H,20,21)/t12-/m0/s1. The van der Waals surface area contributed by atoms with Crippen LogP contribution in [0.3, 0.4) is 0 Å². The number of ether oxygens (including phenoxy) is 1. The van der Waals surface area contributed by atoms with Gasteiger partial charge in [0.05, 0.1) is 5.69 Å². The summed E-state index contributed by atoms with van der Waals surface area (Å²) in [6.45, 7) is 5.40. The Morgan fingerprint density at radius 1 is 1.38 bits per heavy atom. The third kappa shape index (κ3) is 3.68. The molecule has 8 heteroatoms. The summed E-state index contributed by atoms with van der Waals surface area (Å²) in [4.78, 5) is 28.2. The fourth-order valence-corrected chi connectivity index (χ4v) is 2.93. The summed E-state index contributed by atoms with van der Waals surface area (Å²) in [5, 5.41) is 6.77. The first kappa shape index (κ1) is 17.9. The number of likely N-dealkylation sites (N-methyl/N-ethyl adjacent to an activating group) is 1. The molecule has 0 saturated carbocycles. The quantitative estimate of drug-likeness (QED) is 0.882. The van der Waals surface area contributed by atoms with E-state index in [0.717, 1.165) is 0 Å². The van der Waals surface area contributed by atoms with Gasteiger partial charge in [-0.25, -0.2) is 4.39 Å². The van der Waals surface area contributed by atoms with Crippen molar-refractivity contribution in [2.75, 3.05) is 19.6 Å². The third-order valence-corrected chi connectivity index (χ3v) is 4.43. The lowest BCUT2D eigenvalue weighted by atomic mass is 10.1. The molecule has 3 rings (SSSR count). The summed E-state index contributed by atoms with van der Waals surface area (Å²) >= 11 is 0. The molecular weight excluding hydrogens is 339 g/mol. The van der Waals surface area contributed by atoms with Crippen molar-refractivity contribution in [2.24, 2.45) is 0 Å². The molecule has 0 spiro atoms. The topological polar surface area (TPSA) is 78.5 Å². The molecule has 1 atom stereocenters. The minimum absolute atomic E-state index is 0.0581. The summed E-state index contributed by atoms with van der Waals surface area (Å²) in [5.41, 5.74) is 0.816. The lowest BCUT2D eigenvalue weighted by molar-refractivity contribution is -0.139. The van der Waals surface area contributed by atoms with Crippen molar-refractivity contribution in [1.29, 1.82) is 0 Å². The van der Waals surface area contributed by atoms with E-state index in [4.69, 9.17) is 4.74 Å². The lowest BCUT2D eigenvalue weighted by Gasteiger charge is -2.38. The summed E-state index contributed by atoms with van der Waals surface area (Å²) in [5.74, 6) is -0.345. The van der Waals surface area contributed by atoms with E-state index in [0.29, 0.717) is 31.1 Å². The van der Waals surface area contributed by atoms with Crippen molar-refractivity contribution < 1.29 is 18.7 Å². The highest BCUT2D eigenvalue weighted by atomic mass is 19.1. The average Bonchev–Trinajstić information content (AvgIpc) is 3.11. The number of carbonyl (C=O) groups excluding carboxylic acids is 2. The van der Waals surface area contributed by atoms with E-state index >= 15 is 0 Å². The van der Waals surface area contributed by atoms with Crippen molar-refractivity contribution in [2.45, 2.75) is 26.5 Å². The number of carbonyl (C=O) groups is 2. The second-order valence-corrected chi connectivity index (χ2v) is 6.12. The van der Waals surface area contributed by atoms with Gasteiger partial charge in [-0.3, -0.25) is 14.7 Å². The number of benzene rings is 1. The van der Waals surface area contributed by atoms with Crippen LogP contribution in [0.2, 0.25) is 0 Å². The zero-order chi connectivity index (χ0) is 18.7. The molecule has 1 saturated heterocycles. The summed E-state index contributed by atoms with van der Waals surface area (Å²) in [6, 6.07) is 6.89. The first-order chi connectivity index (χ1) is 12.5. The number of H-pyrrole nitrogens is 1. The zero-order valence-electron chi connectivity index (χ0n) is 14.7. The maximum atomic E-state index is 13.1. The molecule has 26 heavy (non-hydrogen) atoms. The molecule has 0 radical (unpaired) electrons. The SMILES string of the molecule is CCN1CCN(C(=O)c2cc(COc3cccc(F)c3)[nH]n2)[C@@H](C)C1=O. The second kappa shape index (κ2) is 7.55. The fourth-order valence-electron chi connectivity index (χ4n) is 2.93. The predicted octanol–water partition coefficient (Wildman–Crippen LogP) is 1.82. The molecule has 1 N–H and O–H groups in total. The van der Waals surface area contributed by atoms with Crippen molar-refractivity contribution in [3.8, 4) is 5.75 Å². The summed E-state index contributed by atoms with van der Waals surface area (Å²) in [7, 11) is 0. The smallest absolute Gasteiger partial charge is 0.275 e. The number of piperazine rings is 1. The van der Waals surface area contributed by atoms with Crippen molar-refractivity contribution in [3.63, 3.8) is 0 Å². The molecule has 2 amide bonds. The molecule has 1 aliphatic rings. The van der Waals surface area contributed by atoms with E-state index < -0.39 is 6.04 Å². The Bertz CT molecular complexity index is 807.